The molecule has 0 amide bonds. The Hall–Kier alpha value is -2.94. The first kappa shape index (κ1) is 29.1. The van der Waals surface area contributed by atoms with Gasteiger partial charge >= 0.3 is 0 Å². The van der Waals surface area contributed by atoms with E-state index in [1.165, 1.54) is 17.0 Å². The lowest BCUT2D eigenvalue weighted by molar-refractivity contribution is 0.132. The largest absolute Gasteiger partial charge is 0.507 e. The van der Waals surface area contributed by atoms with Gasteiger partial charge in [0, 0.05) is 67.6 Å². The molecule has 2 aliphatic rings. The number of halogens is 1. The third kappa shape index (κ3) is 6.66. The van der Waals surface area contributed by atoms with Crippen molar-refractivity contribution in [2.24, 2.45) is 4.99 Å². The van der Waals surface area contributed by atoms with E-state index in [0.717, 1.165) is 97.6 Å². The summed E-state index contributed by atoms with van der Waals surface area (Å²) >= 11 is 3.44. The van der Waals surface area contributed by atoms with Gasteiger partial charge in [-0.15, -0.1) is 0 Å². The molecule has 0 bridgehead atoms. The van der Waals surface area contributed by atoms with Crippen LogP contribution in [-0.4, -0.2) is 82.9 Å². The number of anilines is 1. The third-order valence-electron chi connectivity index (χ3n) is 8.13. The van der Waals surface area contributed by atoms with Gasteiger partial charge in [-0.3, -0.25) is 4.99 Å². The van der Waals surface area contributed by atoms with Crippen LogP contribution < -0.4 is 5.32 Å². The van der Waals surface area contributed by atoms with Gasteiger partial charge in [-0.2, -0.15) is 0 Å². The summed E-state index contributed by atoms with van der Waals surface area (Å²) in [5.41, 5.74) is 6.56. The summed E-state index contributed by atoms with van der Waals surface area (Å²) in [4.78, 5) is 14.7. The number of hydrogen-bond donors (Lipinski definition) is 2. The molecule has 2 fully saturated rings. The van der Waals surface area contributed by atoms with Crippen molar-refractivity contribution in [3.05, 3.63) is 101 Å². The number of para-hydroxylation sites is 2. The molecule has 2 aromatic carbocycles. The van der Waals surface area contributed by atoms with Crippen LogP contribution in [0.4, 0.5) is 5.82 Å². The number of benzene rings is 2. The Morgan fingerprint density at radius 1 is 1.00 bits per heavy atom. The molecule has 5 radical (unpaired) electrons. The van der Waals surface area contributed by atoms with Gasteiger partial charge in [0.25, 0.3) is 0 Å². The summed E-state index contributed by atoms with van der Waals surface area (Å²) in [6.45, 7) is 10.4. The van der Waals surface area contributed by atoms with E-state index in [2.05, 4.69) is 104 Å². The number of aryl methyl sites for hydroxylation is 1. The van der Waals surface area contributed by atoms with E-state index in [0.29, 0.717) is 0 Å². The van der Waals surface area contributed by atoms with Crippen molar-refractivity contribution in [1.82, 2.24) is 19.2 Å². The Morgan fingerprint density at radius 2 is 1.74 bits per heavy atom. The molecule has 6 rings (SSSR count). The highest BCUT2D eigenvalue weighted by molar-refractivity contribution is 9.10. The quantitative estimate of drug-likeness (QED) is 0.159. The average molecular weight is 627 g/mol. The minimum atomic E-state index is 0.262. The highest BCUT2D eigenvalue weighted by Crippen LogP contribution is 2.39. The lowest BCUT2D eigenvalue weighted by Crippen LogP contribution is -2.47. The minimum absolute atomic E-state index is 0.262. The fraction of sp³-hybridized carbons (Fsp3) is 0.324. The summed E-state index contributed by atoms with van der Waals surface area (Å²) in [5, 5.41) is 13.7. The van der Waals surface area contributed by atoms with Gasteiger partial charge in [0.15, 0.2) is 5.82 Å². The molecular formula is C34H38BrN6O. The van der Waals surface area contributed by atoms with Crippen molar-refractivity contribution < 1.29 is 5.11 Å². The van der Waals surface area contributed by atoms with E-state index in [1.54, 1.807) is 12.3 Å². The van der Waals surface area contributed by atoms with Crippen LogP contribution in [0.15, 0.2) is 58.1 Å². The topological polar surface area (TPSA) is 68.4 Å². The number of hydrogen-bond acceptors (Lipinski definition) is 6. The van der Waals surface area contributed by atoms with Crippen molar-refractivity contribution in [3.8, 4) is 5.75 Å². The Kier molecular flexibility index (Phi) is 9.42. The van der Waals surface area contributed by atoms with Crippen LogP contribution in [0.2, 0.25) is 0 Å². The molecule has 3 heterocycles. The first-order valence-corrected chi connectivity index (χ1v) is 15.7. The van der Waals surface area contributed by atoms with E-state index in [1.807, 2.05) is 12.1 Å². The second-order valence-corrected chi connectivity index (χ2v) is 12.0. The van der Waals surface area contributed by atoms with Crippen molar-refractivity contribution in [3.63, 3.8) is 0 Å². The highest BCUT2D eigenvalue weighted by Gasteiger charge is 2.26. The first-order chi connectivity index (χ1) is 20.6. The summed E-state index contributed by atoms with van der Waals surface area (Å²) in [7, 11) is 0. The zero-order valence-corrected chi connectivity index (χ0v) is 25.7. The number of aromatic hydroxyl groups is 1. The molecule has 1 saturated carbocycles. The van der Waals surface area contributed by atoms with Gasteiger partial charge in [0.05, 0.1) is 16.6 Å². The Bertz CT molecular complexity index is 1530. The summed E-state index contributed by atoms with van der Waals surface area (Å²) in [6, 6.07) is 13.8. The average Bonchev–Trinajstić information content (AvgIpc) is 3.65. The number of fused-ring (bicyclic) bond motifs is 3. The molecule has 2 aromatic heterocycles. The molecule has 217 valence electrons. The van der Waals surface area contributed by atoms with Crippen molar-refractivity contribution in [2.75, 3.05) is 57.7 Å². The molecule has 1 aliphatic heterocycles. The molecule has 0 unspecified atom stereocenters. The molecule has 4 aromatic rings. The van der Waals surface area contributed by atoms with Crippen molar-refractivity contribution >= 4 is 44.5 Å². The third-order valence-corrected chi connectivity index (χ3v) is 8.63. The number of phenolic OH excluding ortho intramolecular Hbond substituents is 1. The fourth-order valence-electron chi connectivity index (χ4n) is 5.94. The van der Waals surface area contributed by atoms with Crippen molar-refractivity contribution in [1.29, 1.82) is 0 Å². The second kappa shape index (κ2) is 13.6. The van der Waals surface area contributed by atoms with Gasteiger partial charge in [-0.05, 0) is 100.0 Å². The molecule has 7 nitrogen and oxygen atoms in total. The molecule has 42 heavy (non-hydrogen) atoms. The van der Waals surface area contributed by atoms with Crippen LogP contribution in [0.1, 0.15) is 29.5 Å². The molecule has 2 N–H and O–H groups in total. The number of phenols is 1. The van der Waals surface area contributed by atoms with Crippen LogP contribution in [0, 0.1) is 38.5 Å². The highest BCUT2D eigenvalue weighted by atomic mass is 79.9. The normalized spacial score (nSPS) is 17.3. The Morgan fingerprint density at radius 3 is 2.52 bits per heavy atom. The maximum atomic E-state index is 9.95. The lowest BCUT2D eigenvalue weighted by Gasteiger charge is -2.34. The van der Waals surface area contributed by atoms with E-state index in [9.17, 15) is 5.11 Å². The second-order valence-electron chi connectivity index (χ2n) is 11.1. The lowest BCUT2D eigenvalue weighted by atomic mass is 9.95. The van der Waals surface area contributed by atoms with Crippen LogP contribution in [0.3, 0.4) is 0 Å². The predicted octanol–water partition coefficient (Wildman–Crippen LogP) is 5.95. The monoisotopic (exact) mass is 625 g/mol. The van der Waals surface area contributed by atoms with Crippen LogP contribution >= 0.6 is 15.9 Å². The number of aliphatic imine (C=N–C) groups is 1. The predicted molar refractivity (Wildman–Crippen MR) is 176 cm³/mol. The molecule has 0 atom stereocenters. The maximum Gasteiger partial charge on any atom is 0.151 e. The summed E-state index contributed by atoms with van der Waals surface area (Å²) < 4.78 is 3.24. The van der Waals surface area contributed by atoms with E-state index in [4.69, 9.17) is 4.98 Å². The van der Waals surface area contributed by atoms with E-state index in [-0.39, 0.29) is 5.75 Å². The van der Waals surface area contributed by atoms with E-state index < -0.39 is 0 Å². The number of nitrogens with zero attached hydrogens (tertiary/aromatic N) is 5. The number of nitrogens with one attached hydrogen (secondary N) is 1. The Balaban J connectivity index is 0.978. The fourth-order valence-corrected chi connectivity index (χ4v) is 6.32. The smallest absolute Gasteiger partial charge is 0.151 e. The van der Waals surface area contributed by atoms with Gasteiger partial charge in [-0.1, -0.05) is 28.1 Å². The van der Waals surface area contributed by atoms with Gasteiger partial charge in [0.2, 0.25) is 0 Å². The molecule has 1 aliphatic carbocycles. The summed E-state index contributed by atoms with van der Waals surface area (Å²) in [5.74, 6) is 2.46. The molecule has 0 spiro atoms. The van der Waals surface area contributed by atoms with Gasteiger partial charge in [0.1, 0.15) is 5.75 Å². The van der Waals surface area contributed by atoms with Gasteiger partial charge < -0.3 is 24.6 Å². The number of rotatable bonds is 11. The maximum absolute atomic E-state index is 9.95. The minimum Gasteiger partial charge on any atom is -0.507 e. The SMILES string of the molecule is Cc1cn2c(c(NCCCN3CCN(CCCN=Cc4cc(Br)ccc4O)CC3)nc3ccccc32)c1[C]1[CH][CH][CH][CH]1. The van der Waals surface area contributed by atoms with Crippen LogP contribution in [0.5, 0.6) is 5.75 Å². The molecular weight excluding hydrogens is 588 g/mol. The number of aromatic nitrogens is 2. The summed E-state index contributed by atoms with van der Waals surface area (Å²) in [6.07, 6.45) is 14.7. The number of piperazine rings is 1. The van der Waals surface area contributed by atoms with Crippen molar-refractivity contribution in [2.45, 2.75) is 19.8 Å². The van der Waals surface area contributed by atoms with Crippen LogP contribution in [0.25, 0.3) is 16.6 Å². The zero-order valence-electron chi connectivity index (χ0n) is 24.1. The zero-order chi connectivity index (χ0) is 28.9. The Labute approximate surface area is 257 Å². The van der Waals surface area contributed by atoms with Crippen LogP contribution in [-0.2, 0) is 0 Å². The first-order valence-electron chi connectivity index (χ1n) is 14.9. The van der Waals surface area contributed by atoms with Gasteiger partial charge in [-0.25, -0.2) is 4.98 Å². The standard InChI is InChI=1S/C34H38BrN6O/c1-25-24-41-30-11-5-4-10-29(30)38-34(33(41)32(25)26-8-2-3-9-26)37-15-7-17-40-20-18-39(19-21-40)16-6-14-36-23-27-22-28(35)12-13-31(27)42/h2-5,8-13,22-24,42H,6-7,14-21H2,1H3,(H,37,38). The molecule has 8 heteroatoms. The van der Waals surface area contributed by atoms with E-state index >= 15 is 0 Å². The molecule has 1 saturated heterocycles.